The van der Waals surface area contributed by atoms with Gasteiger partial charge in [0, 0.05) is 6.04 Å². The molecule has 0 radical (unpaired) electrons. The lowest BCUT2D eigenvalue weighted by molar-refractivity contribution is 0.227. The number of sulfonamides is 1. The smallest absolute Gasteiger partial charge is 0.240 e. The van der Waals surface area contributed by atoms with Crippen LogP contribution in [0.2, 0.25) is 0 Å². The van der Waals surface area contributed by atoms with Crippen LogP contribution in [-0.2, 0) is 16.4 Å². The van der Waals surface area contributed by atoms with Gasteiger partial charge in [0.1, 0.15) is 0 Å². The summed E-state index contributed by atoms with van der Waals surface area (Å²) in [6.45, 7) is 7.79. The van der Waals surface area contributed by atoms with Crippen LogP contribution in [0.4, 0.5) is 0 Å². The Morgan fingerprint density at radius 3 is 2.05 bits per heavy atom. The Balaban J connectivity index is 2.87. The van der Waals surface area contributed by atoms with Crippen LogP contribution in [0.15, 0.2) is 29.2 Å². The minimum absolute atomic E-state index is 0.0370. The number of rotatable bonds is 7. The number of aliphatic hydroxyl groups excluding tert-OH is 1. The second-order valence-corrected chi connectivity index (χ2v) is 7.61. The highest BCUT2D eigenvalue weighted by atomic mass is 32.2. The summed E-state index contributed by atoms with van der Waals surface area (Å²) in [5.41, 5.74) is 1.13. The minimum Gasteiger partial charge on any atom is -0.395 e. The topological polar surface area (TPSA) is 66.4 Å². The second-order valence-electron chi connectivity index (χ2n) is 5.90. The monoisotopic (exact) mass is 299 g/mol. The summed E-state index contributed by atoms with van der Waals surface area (Å²) in [5.74, 6) is 0.574. The fraction of sp³-hybridized carbons (Fsp3) is 0.600. The van der Waals surface area contributed by atoms with Crippen molar-refractivity contribution in [1.82, 2.24) is 4.72 Å². The van der Waals surface area contributed by atoms with Gasteiger partial charge in [-0.25, -0.2) is 13.1 Å². The first kappa shape index (κ1) is 17.1. The molecule has 0 heterocycles. The maximum absolute atomic E-state index is 12.2. The third-order valence-corrected chi connectivity index (χ3v) is 4.69. The van der Waals surface area contributed by atoms with E-state index in [-0.39, 0.29) is 17.4 Å². The molecule has 4 nitrogen and oxygen atoms in total. The Kier molecular flexibility index (Phi) is 6.17. The number of benzene rings is 1. The van der Waals surface area contributed by atoms with E-state index in [0.29, 0.717) is 5.92 Å². The summed E-state index contributed by atoms with van der Waals surface area (Å²) in [6.07, 6.45) is 0.930. The largest absolute Gasteiger partial charge is 0.395 e. The molecule has 1 rings (SSSR count). The van der Waals surface area contributed by atoms with E-state index in [1.54, 1.807) is 12.1 Å². The van der Waals surface area contributed by atoms with E-state index in [4.69, 9.17) is 0 Å². The average Bonchev–Trinajstić information content (AvgIpc) is 2.35. The lowest BCUT2D eigenvalue weighted by Gasteiger charge is -2.20. The second kappa shape index (κ2) is 7.20. The van der Waals surface area contributed by atoms with E-state index >= 15 is 0 Å². The molecule has 0 saturated carbocycles. The van der Waals surface area contributed by atoms with Crippen LogP contribution >= 0.6 is 0 Å². The molecular formula is C15H25NO3S. The normalized spacial score (nSPS) is 13.9. The van der Waals surface area contributed by atoms with Crippen LogP contribution in [0.1, 0.15) is 33.3 Å². The molecule has 0 aromatic heterocycles. The van der Waals surface area contributed by atoms with Crippen LogP contribution in [0, 0.1) is 11.8 Å². The molecule has 0 saturated heterocycles. The summed E-state index contributed by atoms with van der Waals surface area (Å²) in [7, 11) is -3.57. The fourth-order valence-corrected chi connectivity index (χ4v) is 3.30. The standard InChI is InChI=1S/C15H25NO3S/c1-11(2)9-13-5-7-14(8-6-13)20(18,19)16-15(10-17)12(3)4/h5-8,11-12,15-17H,9-10H2,1-4H3. The molecule has 0 aliphatic carbocycles. The van der Waals surface area contributed by atoms with Crippen LogP contribution in [-0.4, -0.2) is 26.2 Å². The summed E-state index contributed by atoms with van der Waals surface area (Å²) in [5, 5.41) is 9.22. The Hall–Kier alpha value is -0.910. The fourth-order valence-electron chi connectivity index (χ4n) is 1.93. The van der Waals surface area contributed by atoms with Gasteiger partial charge in [-0.3, -0.25) is 0 Å². The van der Waals surface area contributed by atoms with Gasteiger partial charge in [0.25, 0.3) is 0 Å². The first-order valence-electron chi connectivity index (χ1n) is 6.98. The number of aliphatic hydroxyl groups is 1. The lowest BCUT2D eigenvalue weighted by Crippen LogP contribution is -2.41. The third-order valence-electron chi connectivity index (χ3n) is 3.19. The zero-order valence-electron chi connectivity index (χ0n) is 12.6. The molecule has 1 unspecified atom stereocenters. The quantitative estimate of drug-likeness (QED) is 0.811. The van der Waals surface area contributed by atoms with E-state index in [0.717, 1.165) is 12.0 Å². The molecule has 1 aromatic carbocycles. The minimum atomic E-state index is -3.57. The Bertz CT molecular complexity index is 506. The predicted octanol–water partition coefficient (Wildman–Crippen LogP) is 2.18. The van der Waals surface area contributed by atoms with Crippen molar-refractivity contribution >= 4 is 10.0 Å². The van der Waals surface area contributed by atoms with E-state index in [9.17, 15) is 13.5 Å². The maximum Gasteiger partial charge on any atom is 0.240 e. The first-order chi connectivity index (χ1) is 9.26. The van der Waals surface area contributed by atoms with Gasteiger partial charge in [0.2, 0.25) is 10.0 Å². The predicted molar refractivity (Wildman–Crippen MR) is 81.0 cm³/mol. The van der Waals surface area contributed by atoms with Gasteiger partial charge in [0.15, 0.2) is 0 Å². The van der Waals surface area contributed by atoms with Crippen molar-refractivity contribution in [2.45, 2.75) is 45.1 Å². The summed E-state index contributed by atoms with van der Waals surface area (Å²) >= 11 is 0. The Labute approximate surface area is 122 Å². The van der Waals surface area contributed by atoms with Crippen molar-refractivity contribution in [1.29, 1.82) is 0 Å². The van der Waals surface area contributed by atoms with Gasteiger partial charge in [0.05, 0.1) is 11.5 Å². The zero-order valence-corrected chi connectivity index (χ0v) is 13.4. The molecule has 0 fully saturated rings. The Morgan fingerprint density at radius 2 is 1.65 bits per heavy atom. The van der Waals surface area contributed by atoms with Crippen LogP contribution < -0.4 is 4.72 Å². The highest BCUT2D eigenvalue weighted by Crippen LogP contribution is 2.15. The maximum atomic E-state index is 12.2. The molecule has 0 bridgehead atoms. The van der Waals surface area contributed by atoms with Gasteiger partial charge in [-0.2, -0.15) is 0 Å². The van der Waals surface area contributed by atoms with E-state index in [2.05, 4.69) is 18.6 Å². The van der Waals surface area contributed by atoms with Crippen molar-refractivity contribution < 1.29 is 13.5 Å². The van der Waals surface area contributed by atoms with Crippen LogP contribution in [0.5, 0.6) is 0 Å². The van der Waals surface area contributed by atoms with Crippen molar-refractivity contribution in [3.63, 3.8) is 0 Å². The molecule has 0 aliphatic rings. The molecule has 0 spiro atoms. The van der Waals surface area contributed by atoms with E-state index in [1.165, 1.54) is 0 Å². The zero-order chi connectivity index (χ0) is 15.3. The van der Waals surface area contributed by atoms with Crippen molar-refractivity contribution in [2.75, 3.05) is 6.61 Å². The molecule has 1 atom stereocenters. The van der Waals surface area contributed by atoms with Gasteiger partial charge in [-0.05, 0) is 36.0 Å². The van der Waals surface area contributed by atoms with Crippen molar-refractivity contribution in [3.05, 3.63) is 29.8 Å². The van der Waals surface area contributed by atoms with Gasteiger partial charge >= 0.3 is 0 Å². The SMILES string of the molecule is CC(C)Cc1ccc(S(=O)(=O)NC(CO)C(C)C)cc1. The molecule has 5 heteroatoms. The molecule has 2 N–H and O–H groups in total. The molecule has 0 amide bonds. The molecule has 0 aliphatic heterocycles. The van der Waals surface area contributed by atoms with Crippen molar-refractivity contribution in [2.24, 2.45) is 11.8 Å². The number of hydrogen-bond donors (Lipinski definition) is 2. The van der Waals surface area contributed by atoms with Crippen LogP contribution in [0.3, 0.4) is 0 Å². The summed E-state index contributed by atoms with van der Waals surface area (Å²) in [4.78, 5) is 0.240. The first-order valence-corrected chi connectivity index (χ1v) is 8.46. The summed E-state index contributed by atoms with van der Waals surface area (Å²) in [6, 6.07) is 6.47. The van der Waals surface area contributed by atoms with E-state index < -0.39 is 16.1 Å². The lowest BCUT2D eigenvalue weighted by atomic mass is 10.0. The van der Waals surface area contributed by atoms with Crippen LogP contribution in [0.25, 0.3) is 0 Å². The third kappa shape index (κ3) is 4.89. The Morgan fingerprint density at radius 1 is 1.10 bits per heavy atom. The number of hydrogen-bond acceptors (Lipinski definition) is 3. The highest BCUT2D eigenvalue weighted by molar-refractivity contribution is 7.89. The summed E-state index contributed by atoms with van der Waals surface area (Å²) < 4.78 is 27.0. The van der Waals surface area contributed by atoms with Gasteiger partial charge in [-0.15, -0.1) is 0 Å². The number of nitrogens with one attached hydrogen (secondary N) is 1. The van der Waals surface area contributed by atoms with E-state index in [1.807, 2.05) is 26.0 Å². The average molecular weight is 299 g/mol. The van der Waals surface area contributed by atoms with Crippen molar-refractivity contribution in [3.8, 4) is 0 Å². The molecule has 20 heavy (non-hydrogen) atoms. The molecular weight excluding hydrogens is 274 g/mol. The highest BCUT2D eigenvalue weighted by Gasteiger charge is 2.21. The molecule has 114 valence electrons. The van der Waals surface area contributed by atoms with Gasteiger partial charge in [-0.1, -0.05) is 39.8 Å². The van der Waals surface area contributed by atoms with Gasteiger partial charge < -0.3 is 5.11 Å². The molecule has 1 aromatic rings.